The first-order valence-electron chi connectivity index (χ1n) is 9.63. The van der Waals surface area contributed by atoms with E-state index in [1.54, 1.807) is 0 Å². The molecule has 0 aromatic rings. The lowest BCUT2D eigenvalue weighted by molar-refractivity contribution is 0.0185. The monoisotopic (exact) mass is 482 g/mol. The van der Waals surface area contributed by atoms with Gasteiger partial charge < -0.3 is 20.3 Å². The third kappa shape index (κ3) is 11.1. The lowest BCUT2D eigenvalue weighted by Gasteiger charge is -2.33. The first-order chi connectivity index (χ1) is 11.7. The highest BCUT2D eigenvalue weighted by atomic mass is 127. The molecule has 0 saturated carbocycles. The lowest BCUT2D eigenvalue weighted by Crippen LogP contribution is -2.45. The van der Waals surface area contributed by atoms with E-state index in [4.69, 9.17) is 4.74 Å². The molecule has 0 spiro atoms. The van der Waals surface area contributed by atoms with Crippen LogP contribution in [0, 0.1) is 11.8 Å². The van der Waals surface area contributed by atoms with Crippen molar-refractivity contribution in [3.05, 3.63) is 0 Å². The Balaban J connectivity index is 0.00000625. The summed E-state index contributed by atoms with van der Waals surface area (Å²) in [6.45, 7) is 13.6. The van der Waals surface area contributed by atoms with E-state index in [2.05, 4.69) is 29.5 Å². The van der Waals surface area contributed by atoms with Crippen LogP contribution in [0.2, 0.25) is 0 Å². The van der Waals surface area contributed by atoms with E-state index in [0.29, 0.717) is 5.92 Å². The van der Waals surface area contributed by atoms with Crippen molar-refractivity contribution in [3.63, 3.8) is 0 Å². The number of hydrogen-bond acceptors (Lipinski definition) is 3. The number of guanidine groups is 1. The Morgan fingerprint density at radius 1 is 1.23 bits per heavy atom. The number of ether oxygens (including phenoxy) is 1. The molecule has 1 amide bonds. The first kappa shape index (κ1) is 25.3. The van der Waals surface area contributed by atoms with Crippen LogP contribution in [0.4, 0.5) is 4.79 Å². The number of nitrogens with zero attached hydrogens (tertiary/aromatic N) is 2. The van der Waals surface area contributed by atoms with Crippen molar-refractivity contribution in [2.45, 2.75) is 65.9 Å². The topological polar surface area (TPSA) is 66.0 Å². The van der Waals surface area contributed by atoms with Gasteiger partial charge in [-0.05, 0) is 58.3 Å². The molecule has 154 valence electrons. The molecule has 1 aliphatic rings. The van der Waals surface area contributed by atoms with Crippen LogP contribution in [0.25, 0.3) is 0 Å². The summed E-state index contributed by atoms with van der Waals surface area (Å²) in [4.78, 5) is 18.2. The normalized spacial score (nSPS) is 16.3. The molecule has 1 rings (SSSR count). The molecule has 0 unspecified atom stereocenters. The predicted molar refractivity (Wildman–Crippen MR) is 119 cm³/mol. The molecule has 7 heteroatoms. The molecule has 1 aliphatic heterocycles. The fourth-order valence-corrected chi connectivity index (χ4v) is 2.82. The minimum Gasteiger partial charge on any atom is -0.444 e. The summed E-state index contributed by atoms with van der Waals surface area (Å²) >= 11 is 0. The summed E-state index contributed by atoms with van der Waals surface area (Å²) < 4.78 is 5.44. The minimum absolute atomic E-state index is 0. The number of likely N-dealkylation sites (tertiary alicyclic amines) is 1. The van der Waals surface area contributed by atoms with Crippen LogP contribution in [-0.4, -0.2) is 55.8 Å². The largest absolute Gasteiger partial charge is 0.444 e. The number of nitrogens with one attached hydrogen (secondary N) is 2. The third-order valence-electron chi connectivity index (χ3n) is 4.30. The average Bonchev–Trinajstić information content (AvgIpc) is 2.53. The smallest absolute Gasteiger partial charge is 0.410 e. The highest BCUT2D eigenvalue weighted by molar-refractivity contribution is 14.0. The zero-order valence-corrected chi connectivity index (χ0v) is 19.8. The predicted octanol–water partition coefficient (Wildman–Crippen LogP) is 3.85. The van der Waals surface area contributed by atoms with Gasteiger partial charge in [0.15, 0.2) is 5.96 Å². The van der Waals surface area contributed by atoms with Gasteiger partial charge in [-0.1, -0.05) is 13.8 Å². The number of amides is 1. The molecule has 6 nitrogen and oxygen atoms in total. The molecule has 1 fully saturated rings. The molecule has 0 aromatic heterocycles. The Bertz CT molecular complexity index is 428. The average molecular weight is 482 g/mol. The summed E-state index contributed by atoms with van der Waals surface area (Å²) in [5.41, 5.74) is -0.427. The van der Waals surface area contributed by atoms with E-state index in [9.17, 15) is 4.79 Å². The second kappa shape index (κ2) is 12.6. The van der Waals surface area contributed by atoms with Crippen molar-refractivity contribution in [1.29, 1.82) is 0 Å². The Morgan fingerprint density at radius 2 is 1.85 bits per heavy atom. The minimum atomic E-state index is -0.427. The van der Waals surface area contributed by atoms with Gasteiger partial charge >= 0.3 is 6.09 Å². The molecule has 0 radical (unpaired) electrons. The van der Waals surface area contributed by atoms with Gasteiger partial charge in [-0.25, -0.2) is 4.79 Å². The number of piperidine rings is 1. The van der Waals surface area contributed by atoms with Crippen molar-refractivity contribution >= 4 is 36.0 Å². The van der Waals surface area contributed by atoms with Crippen LogP contribution in [0.5, 0.6) is 0 Å². The molecule has 0 atom stereocenters. The third-order valence-corrected chi connectivity index (χ3v) is 4.30. The van der Waals surface area contributed by atoms with E-state index in [1.807, 2.05) is 32.7 Å². The number of carbonyl (C=O) groups is 1. The molecule has 0 aliphatic carbocycles. The highest BCUT2D eigenvalue weighted by Gasteiger charge is 2.26. The second-order valence-electron chi connectivity index (χ2n) is 8.33. The van der Waals surface area contributed by atoms with Crippen LogP contribution in [-0.2, 0) is 4.74 Å². The molecule has 1 saturated heterocycles. The van der Waals surface area contributed by atoms with Crippen LogP contribution >= 0.6 is 24.0 Å². The zero-order chi connectivity index (χ0) is 18.9. The molecule has 0 aromatic carbocycles. The van der Waals surface area contributed by atoms with Gasteiger partial charge in [-0.15, -0.1) is 24.0 Å². The van der Waals surface area contributed by atoms with E-state index in [0.717, 1.165) is 57.3 Å². The quantitative estimate of drug-likeness (QED) is 0.261. The molecule has 1 heterocycles. The van der Waals surface area contributed by atoms with Gasteiger partial charge in [0, 0.05) is 33.2 Å². The van der Waals surface area contributed by atoms with Crippen molar-refractivity contribution in [1.82, 2.24) is 15.5 Å². The first-order valence-corrected chi connectivity index (χ1v) is 9.63. The van der Waals surface area contributed by atoms with Crippen molar-refractivity contribution in [2.24, 2.45) is 16.8 Å². The molecule has 0 bridgehead atoms. The van der Waals surface area contributed by atoms with E-state index < -0.39 is 5.60 Å². The number of aliphatic imine (C=N–C) groups is 1. The van der Waals surface area contributed by atoms with Gasteiger partial charge in [-0.2, -0.15) is 0 Å². The molecular weight excluding hydrogens is 443 g/mol. The van der Waals surface area contributed by atoms with Crippen LogP contribution in [0.1, 0.15) is 60.3 Å². The summed E-state index contributed by atoms with van der Waals surface area (Å²) in [6.07, 6.45) is 4.19. The van der Waals surface area contributed by atoms with Crippen molar-refractivity contribution in [2.75, 3.05) is 33.2 Å². The standard InChI is InChI=1S/C19H38N4O2.HI/c1-15(2)8-7-11-21-17(20-6)22-14-16-9-12-23(13-10-16)18(24)25-19(3,4)5;/h15-16H,7-14H2,1-6H3,(H2,20,21,22);1H. The number of halogens is 1. The van der Waals surface area contributed by atoms with Crippen LogP contribution in [0.3, 0.4) is 0 Å². The van der Waals surface area contributed by atoms with Gasteiger partial charge in [0.1, 0.15) is 5.60 Å². The molecule has 2 N–H and O–H groups in total. The summed E-state index contributed by atoms with van der Waals surface area (Å²) in [6, 6.07) is 0. The van der Waals surface area contributed by atoms with Gasteiger partial charge in [-0.3, -0.25) is 4.99 Å². The Kier molecular flexibility index (Phi) is 12.3. The summed E-state index contributed by atoms with van der Waals surface area (Å²) in [7, 11) is 1.81. The van der Waals surface area contributed by atoms with E-state index in [1.165, 1.54) is 6.42 Å². The number of carbonyl (C=O) groups excluding carboxylic acids is 1. The second-order valence-corrected chi connectivity index (χ2v) is 8.33. The molecular formula is C19H39IN4O2. The fourth-order valence-electron chi connectivity index (χ4n) is 2.82. The summed E-state index contributed by atoms with van der Waals surface area (Å²) in [5.74, 6) is 2.18. The SMILES string of the molecule is CN=C(NCCCC(C)C)NCC1CCN(C(=O)OC(C)(C)C)CC1.I. The Morgan fingerprint density at radius 3 is 2.35 bits per heavy atom. The van der Waals surface area contributed by atoms with E-state index in [-0.39, 0.29) is 30.1 Å². The Labute approximate surface area is 176 Å². The van der Waals surface area contributed by atoms with E-state index >= 15 is 0 Å². The number of rotatable bonds is 6. The Hall–Kier alpha value is -0.730. The summed E-state index contributed by atoms with van der Waals surface area (Å²) in [5, 5.41) is 6.79. The maximum absolute atomic E-state index is 12.1. The lowest BCUT2D eigenvalue weighted by atomic mass is 9.97. The molecule has 26 heavy (non-hydrogen) atoms. The van der Waals surface area contributed by atoms with Gasteiger partial charge in [0.2, 0.25) is 0 Å². The fraction of sp³-hybridized carbons (Fsp3) is 0.895. The van der Waals surface area contributed by atoms with Crippen LogP contribution < -0.4 is 10.6 Å². The van der Waals surface area contributed by atoms with Gasteiger partial charge in [0.05, 0.1) is 0 Å². The number of hydrogen-bond donors (Lipinski definition) is 2. The zero-order valence-electron chi connectivity index (χ0n) is 17.4. The van der Waals surface area contributed by atoms with Crippen molar-refractivity contribution in [3.8, 4) is 0 Å². The maximum Gasteiger partial charge on any atom is 0.410 e. The van der Waals surface area contributed by atoms with Gasteiger partial charge in [0.25, 0.3) is 0 Å². The highest BCUT2D eigenvalue weighted by Crippen LogP contribution is 2.19. The van der Waals surface area contributed by atoms with Crippen LogP contribution in [0.15, 0.2) is 4.99 Å². The maximum atomic E-state index is 12.1. The van der Waals surface area contributed by atoms with Crippen molar-refractivity contribution < 1.29 is 9.53 Å².